The van der Waals surface area contributed by atoms with Crippen LogP contribution < -0.4 is 5.32 Å². The maximum atomic E-state index is 5.30. The number of nitrogens with zero attached hydrogens (tertiary/aromatic N) is 1. The van der Waals surface area contributed by atoms with Gasteiger partial charge in [0.05, 0.1) is 0 Å². The van der Waals surface area contributed by atoms with Gasteiger partial charge in [-0.3, -0.25) is 0 Å². The van der Waals surface area contributed by atoms with Gasteiger partial charge in [-0.2, -0.15) is 0 Å². The molecule has 1 N–H and O–H groups in total. The molecule has 1 aromatic rings. The fourth-order valence-corrected chi connectivity index (χ4v) is 1.82. The minimum Gasteiger partial charge on any atom is -0.452 e. The second-order valence-corrected chi connectivity index (χ2v) is 3.60. The number of ether oxygens (including phenoxy) is 2. The van der Waals surface area contributed by atoms with Gasteiger partial charge in [-0.25, -0.2) is 4.98 Å². The van der Waals surface area contributed by atoms with E-state index in [0.717, 1.165) is 10.8 Å². The molecule has 70 valence electrons. The highest BCUT2D eigenvalue weighted by Crippen LogP contribution is 2.32. The molecule has 0 aromatic carbocycles. The van der Waals surface area contributed by atoms with Crippen molar-refractivity contribution in [1.29, 1.82) is 0 Å². The molecule has 0 atom stereocenters. The van der Waals surface area contributed by atoms with E-state index < -0.39 is 5.79 Å². The van der Waals surface area contributed by atoms with Crippen LogP contribution in [0.3, 0.4) is 0 Å². The first kappa shape index (κ1) is 8.37. The van der Waals surface area contributed by atoms with E-state index in [0.29, 0.717) is 0 Å². The summed E-state index contributed by atoms with van der Waals surface area (Å²) < 4.78 is 10.6. The van der Waals surface area contributed by atoms with Gasteiger partial charge in [0.25, 0.3) is 5.79 Å². The van der Waals surface area contributed by atoms with Crippen molar-refractivity contribution in [3.8, 4) is 0 Å². The zero-order valence-electron chi connectivity index (χ0n) is 7.40. The van der Waals surface area contributed by atoms with E-state index in [1.165, 1.54) is 23.9 Å². The van der Waals surface area contributed by atoms with Crippen molar-refractivity contribution in [3.05, 3.63) is 23.6 Å². The molecule has 1 aromatic heterocycles. The lowest BCUT2D eigenvalue weighted by Crippen LogP contribution is -2.22. The molecule has 0 bridgehead atoms. The minimum absolute atomic E-state index is 0.744. The van der Waals surface area contributed by atoms with Crippen LogP contribution in [0.25, 0.3) is 0 Å². The Hall–Kier alpha value is -1.23. The minimum atomic E-state index is -0.744. The molecule has 1 aliphatic heterocycles. The summed E-state index contributed by atoms with van der Waals surface area (Å²) in [5.41, 5.74) is 0.784. The number of nitrogens with one attached hydrogen (secondary N) is 1. The average Bonchev–Trinajstić information content (AvgIpc) is 2.72. The number of thiazole rings is 1. The molecule has 0 unspecified atom stereocenters. The topological polar surface area (TPSA) is 43.4 Å². The fourth-order valence-electron chi connectivity index (χ4n) is 1.06. The molecule has 0 aliphatic carbocycles. The van der Waals surface area contributed by atoms with E-state index in [1.807, 2.05) is 19.4 Å². The van der Waals surface area contributed by atoms with Crippen LogP contribution in [0.5, 0.6) is 0 Å². The van der Waals surface area contributed by atoms with Crippen molar-refractivity contribution < 1.29 is 9.47 Å². The van der Waals surface area contributed by atoms with Gasteiger partial charge in [0.15, 0.2) is 5.13 Å². The second-order valence-electron chi connectivity index (χ2n) is 2.74. The molecule has 13 heavy (non-hydrogen) atoms. The first-order valence-electron chi connectivity index (χ1n) is 3.89. The van der Waals surface area contributed by atoms with E-state index in [-0.39, 0.29) is 0 Å². The van der Waals surface area contributed by atoms with Crippen LogP contribution in [0.15, 0.2) is 17.9 Å². The summed E-state index contributed by atoms with van der Waals surface area (Å²) in [5.74, 6) is -0.744. The molecule has 4 nitrogen and oxygen atoms in total. The predicted molar refractivity (Wildman–Crippen MR) is 50.3 cm³/mol. The Labute approximate surface area is 80.2 Å². The summed E-state index contributed by atoms with van der Waals surface area (Å²) in [6, 6.07) is 0. The van der Waals surface area contributed by atoms with E-state index in [9.17, 15) is 0 Å². The molecule has 2 rings (SSSR count). The Morgan fingerprint density at radius 1 is 1.46 bits per heavy atom. The smallest absolute Gasteiger partial charge is 0.291 e. The Morgan fingerprint density at radius 3 is 2.69 bits per heavy atom. The first-order chi connectivity index (χ1) is 6.24. The fraction of sp³-hybridized carbons (Fsp3) is 0.375. The lowest BCUT2D eigenvalue weighted by molar-refractivity contribution is -0.135. The average molecular weight is 198 g/mol. The molecule has 0 fully saturated rings. The van der Waals surface area contributed by atoms with Crippen molar-refractivity contribution in [2.24, 2.45) is 0 Å². The SMILES string of the molecule is CNc1nc(C2(C)OC=CO2)cs1. The van der Waals surface area contributed by atoms with Crippen LogP contribution in [-0.2, 0) is 15.3 Å². The summed E-state index contributed by atoms with van der Waals surface area (Å²) in [6.07, 6.45) is 3.05. The third-order valence-electron chi connectivity index (χ3n) is 1.82. The van der Waals surface area contributed by atoms with Crippen molar-refractivity contribution in [2.75, 3.05) is 12.4 Å². The molecule has 0 saturated carbocycles. The van der Waals surface area contributed by atoms with E-state index >= 15 is 0 Å². The predicted octanol–water partition coefficient (Wildman–Crippen LogP) is 1.88. The zero-order chi connectivity index (χ0) is 9.31. The summed E-state index contributed by atoms with van der Waals surface area (Å²) in [5, 5.41) is 5.74. The number of hydrogen-bond donors (Lipinski definition) is 1. The van der Waals surface area contributed by atoms with Crippen molar-refractivity contribution in [2.45, 2.75) is 12.7 Å². The molecule has 2 heterocycles. The number of aromatic nitrogens is 1. The standard InChI is InChI=1S/C8H10N2O2S/c1-8(11-3-4-12-8)6-5-13-7(9-2)10-6/h3-5H,1-2H3,(H,9,10). The normalized spacial score (nSPS) is 18.0. The van der Waals surface area contributed by atoms with E-state index in [2.05, 4.69) is 10.3 Å². The van der Waals surface area contributed by atoms with Crippen molar-refractivity contribution in [1.82, 2.24) is 4.98 Å². The van der Waals surface area contributed by atoms with Crippen molar-refractivity contribution in [3.63, 3.8) is 0 Å². The Bertz CT molecular complexity index is 327. The Balaban J connectivity index is 2.24. The second kappa shape index (κ2) is 2.92. The number of rotatable bonds is 2. The third kappa shape index (κ3) is 1.35. The monoisotopic (exact) mass is 198 g/mol. The summed E-state index contributed by atoms with van der Waals surface area (Å²) in [7, 11) is 1.83. The molecular weight excluding hydrogens is 188 g/mol. The van der Waals surface area contributed by atoms with Crippen LogP contribution in [0, 0.1) is 0 Å². The molecule has 5 heteroatoms. The number of anilines is 1. The molecule has 0 radical (unpaired) electrons. The zero-order valence-corrected chi connectivity index (χ0v) is 8.22. The quantitative estimate of drug-likeness (QED) is 0.788. The van der Waals surface area contributed by atoms with Gasteiger partial charge < -0.3 is 14.8 Å². The number of hydrogen-bond acceptors (Lipinski definition) is 5. The molecule has 0 saturated heterocycles. The van der Waals surface area contributed by atoms with Gasteiger partial charge in [0.2, 0.25) is 0 Å². The first-order valence-corrected chi connectivity index (χ1v) is 4.77. The largest absolute Gasteiger partial charge is 0.452 e. The highest BCUT2D eigenvalue weighted by molar-refractivity contribution is 7.13. The van der Waals surface area contributed by atoms with Crippen molar-refractivity contribution >= 4 is 16.5 Å². The molecule has 0 amide bonds. The van der Waals surface area contributed by atoms with Crippen LogP contribution in [0.2, 0.25) is 0 Å². The van der Waals surface area contributed by atoms with Crippen LogP contribution >= 0.6 is 11.3 Å². The van der Waals surface area contributed by atoms with Crippen LogP contribution in [0.1, 0.15) is 12.6 Å². The lowest BCUT2D eigenvalue weighted by Gasteiger charge is -2.20. The van der Waals surface area contributed by atoms with Gasteiger partial charge in [-0.15, -0.1) is 11.3 Å². The van der Waals surface area contributed by atoms with Gasteiger partial charge in [-0.1, -0.05) is 0 Å². The molecular formula is C8H10N2O2S. The molecule has 1 aliphatic rings. The highest BCUT2D eigenvalue weighted by Gasteiger charge is 2.34. The third-order valence-corrected chi connectivity index (χ3v) is 2.68. The molecule has 0 spiro atoms. The van der Waals surface area contributed by atoms with Gasteiger partial charge >= 0.3 is 0 Å². The maximum absolute atomic E-state index is 5.30. The van der Waals surface area contributed by atoms with Gasteiger partial charge in [0.1, 0.15) is 18.2 Å². The lowest BCUT2D eigenvalue weighted by atomic mass is 10.2. The van der Waals surface area contributed by atoms with Crippen LogP contribution in [0.4, 0.5) is 5.13 Å². The summed E-state index contributed by atoms with van der Waals surface area (Å²) >= 11 is 1.52. The summed E-state index contributed by atoms with van der Waals surface area (Å²) in [6.45, 7) is 1.83. The van der Waals surface area contributed by atoms with Gasteiger partial charge in [-0.05, 0) is 0 Å². The Morgan fingerprint density at radius 2 is 2.15 bits per heavy atom. The van der Waals surface area contributed by atoms with E-state index in [1.54, 1.807) is 0 Å². The maximum Gasteiger partial charge on any atom is 0.291 e. The van der Waals surface area contributed by atoms with Gasteiger partial charge in [0, 0.05) is 19.4 Å². The highest BCUT2D eigenvalue weighted by atomic mass is 32.1. The summed E-state index contributed by atoms with van der Waals surface area (Å²) in [4.78, 5) is 4.30. The van der Waals surface area contributed by atoms with Crippen LogP contribution in [-0.4, -0.2) is 12.0 Å². The Kier molecular flexibility index (Phi) is 1.88. The van der Waals surface area contributed by atoms with E-state index in [4.69, 9.17) is 9.47 Å².